The van der Waals surface area contributed by atoms with E-state index in [0.29, 0.717) is 10.6 Å². The molecule has 2 amide bonds. The number of aryl methyl sites for hydroxylation is 1. The first-order valence-corrected chi connectivity index (χ1v) is 10.3. The predicted molar refractivity (Wildman–Crippen MR) is 119 cm³/mol. The van der Waals surface area contributed by atoms with E-state index in [0.717, 1.165) is 27.3 Å². The molecule has 1 aromatic heterocycles. The molecule has 0 bridgehead atoms. The summed E-state index contributed by atoms with van der Waals surface area (Å²) < 4.78 is 10.9. The quantitative estimate of drug-likeness (QED) is 0.562. The van der Waals surface area contributed by atoms with Gasteiger partial charge in [0, 0.05) is 10.4 Å². The van der Waals surface area contributed by atoms with Crippen molar-refractivity contribution in [1.29, 1.82) is 0 Å². The molecule has 3 aromatic rings. The highest BCUT2D eigenvalue weighted by molar-refractivity contribution is 7.17. The van der Waals surface area contributed by atoms with Crippen LogP contribution < -0.4 is 15.8 Å². The van der Waals surface area contributed by atoms with E-state index in [1.807, 2.05) is 61.5 Å². The zero-order valence-electron chi connectivity index (χ0n) is 17.1. The van der Waals surface area contributed by atoms with Crippen LogP contribution in [-0.2, 0) is 16.1 Å². The highest BCUT2D eigenvalue weighted by Gasteiger charge is 2.24. The lowest BCUT2D eigenvalue weighted by Gasteiger charge is -2.14. The van der Waals surface area contributed by atoms with Gasteiger partial charge in [0.2, 0.25) is 0 Å². The topological polar surface area (TPSA) is 90.7 Å². The number of anilines is 1. The van der Waals surface area contributed by atoms with Crippen molar-refractivity contribution in [3.63, 3.8) is 0 Å². The smallest absolute Gasteiger partial charge is 0.253 e. The molecule has 3 rings (SSSR count). The number of ether oxygens (including phenoxy) is 2. The van der Waals surface area contributed by atoms with Crippen LogP contribution in [0.5, 0.6) is 5.75 Å². The Morgan fingerprint density at radius 3 is 2.53 bits per heavy atom. The summed E-state index contributed by atoms with van der Waals surface area (Å²) in [7, 11) is 1.60. The fourth-order valence-corrected chi connectivity index (χ4v) is 4.18. The minimum absolute atomic E-state index is 0.257. The maximum Gasteiger partial charge on any atom is 0.253 e. The standard InChI is InChI=1S/C23H24N2O4S/c1-14(29-13-16-8-7-11-18(12-16)28-3)22(27)25-23-20(21(24)26)19(15(2)30-23)17-9-5-4-6-10-17/h4-12,14H,13H2,1-3H3,(H2,24,26)(H,25,27). The molecule has 1 heterocycles. The van der Waals surface area contributed by atoms with Gasteiger partial charge in [0.15, 0.2) is 0 Å². The number of rotatable bonds is 8. The van der Waals surface area contributed by atoms with E-state index in [1.165, 1.54) is 11.3 Å². The molecule has 0 saturated heterocycles. The van der Waals surface area contributed by atoms with Crippen molar-refractivity contribution in [2.75, 3.05) is 12.4 Å². The second kappa shape index (κ2) is 9.56. The number of thiophene rings is 1. The number of benzene rings is 2. The lowest BCUT2D eigenvalue weighted by atomic mass is 10.0. The summed E-state index contributed by atoms with van der Waals surface area (Å²) in [5, 5.41) is 3.24. The first kappa shape index (κ1) is 21.5. The number of primary amides is 1. The summed E-state index contributed by atoms with van der Waals surface area (Å²) in [6.07, 6.45) is -0.723. The van der Waals surface area contributed by atoms with Crippen LogP contribution in [0, 0.1) is 6.92 Å². The van der Waals surface area contributed by atoms with Gasteiger partial charge in [-0.05, 0) is 37.1 Å². The van der Waals surface area contributed by atoms with Gasteiger partial charge >= 0.3 is 0 Å². The third-order valence-corrected chi connectivity index (χ3v) is 5.65. The average Bonchev–Trinajstić information content (AvgIpc) is 3.08. The van der Waals surface area contributed by atoms with Crippen LogP contribution in [0.1, 0.15) is 27.7 Å². The third-order valence-electron chi connectivity index (χ3n) is 4.63. The van der Waals surface area contributed by atoms with Crippen molar-refractivity contribution < 1.29 is 19.1 Å². The fourth-order valence-electron chi connectivity index (χ4n) is 3.09. The number of carbonyl (C=O) groups is 2. The van der Waals surface area contributed by atoms with Crippen LogP contribution in [0.2, 0.25) is 0 Å². The third kappa shape index (κ3) is 4.87. The number of nitrogens with two attached hydrogens (primary N) is 1. The molecule has 1 atom stereocenters. The molecule has 3 N–H and O–H groups in total. The molecule has 7 heteroatoms. The minimum atomic E-state index is -0.723. The first-order chi connectivity index (χ1) is 14.4. The summed E-state index contributed by atoms with van der Waals surface area (Å²) in [4.78, 5) is 25.8. The van der Waals surface area contributed by atoms with E-state index in [1.54, 1.807) is 14.0 Å². The Kier molecular flexibility index (Phi) is 6.87. The van der Waals surface area contributed by atoms with Gasteiger partial charge in [0.05, 0.1) is 19.3 Å². The van der Waals surface area contributed by atoms with Gasteiger partial charge in [-0.15, -0.1) is 11.3 Å². The van der Waals surface area contributed by atoms with Crippen LogP contribution >= 0.6 is 11.3 Å². The molecule has 30 heavy (non-hydrogen) atoms. The van der Waals surface area contributed by atoms with Gasteiger partial charge < -0.3 is 20.5 Å². The molecule has 2 aromatic carbocycles. The predicted octanol–water partition coefficient (Wildman–Crippen LogP) is 4.37. The van der Waals surface area contributed by atoms with Crippen LogP contribution in [0.25, 0.3) is 11.1 Å². The van der Waals surface area contributed by atoms with Crippen molar-refractivity contribution >= 4 is 28.2 Å². The summed E-state index contributed by atoms with van der Waals surface area (Å²) in [6.45, 7) is 3.82. The molecule has 156 valence electrons. The number of hydrogen-bond donors (Lipinski definition) is 2. The molecule has 0 aliphatic carbocycles. The largest absolute Gasteiger partial charge is 0.497 e. The van der Waals surface area contributed by atoms with Crippen molar-refractivity contribution in [2.24, 2.45) is 5.73 Å². The van der Waals surface area contributed by atoms with Gasteiger partial charge in [-0.1, -0.05) is 42.5 Å². The molecule has 0 spiro atoms. The second-order valence-electron chi connectivity index (χ2n) is 6.76. The maximum atomic E-state index is 12.7. The Balaban J connectivity index is 1.75. The number of methoxy groups -OCH3 is 1. The maximum absolute atomic E-state index is 12.7. The molecule has 0 fully saturated rings. The molecule has 0 aliphatic rings. The van der Waals surface area contributed by atoms with E-state index in [4.69, 9.17) is 15.2 Å². The van der Waals surface area contributed by atoms with E-state index in [2.05, 4.69) is 5.32 Å². The summed E-state index contributed by atoms with van der Waals surface area (Å²) in [6, 6.07) is 17.0. The van der Waals surface area contributed by atoms with Crippen LogP contribution in [0.4, 0.5) is 5.00 Å². The molecular formula is C23H24N2O4S. The Morgan fingerprint density at radius 2 is 1.87 bits per heavy atom. The monoisotopic (exact) mass is 424 g/mol. The molecule has 0 saturated carbocycles. The SMILES string of the molecule is COc1cccc(COC(C)C(=O)Nc2sc(C)c(-c3ccccc3)c2C(N)=O)c1. The highest BCUT2D eigenvalue weighted by Crippen LogP contribution is 2.39. The van der Waals surface area contributed by atoms with Crippen LogP contribution in [-0.4, -0.2) is 25.0 Å². The van der Waals surface area contributed by atoms with Gasteiger partial charge in [-0.2, -0.15) is 0 Å². The Hall–Kier alpha value is -3.16. The molecule has 6 nitrogen and oxygen atoms in total. The Morgan fingerprint density at radius 1 is 1.13 bits per heavy atom. The zero-order chi connectivity index (χ0) is 21.7. The first-order valence-electron chi connectivity index (χ1n) is 9.44. The van der Waals surface area contributed by atoms with Crippen molar-refractivity contribution in [3.05, 3.63) is 70.6 Å². The number of hydrogen-bond acceptors (Lipinski definition) is 5. The van der Waals surface area contributed by atoms with Gasteiger partial charge in [-0.3, -0.25) is 9.59 Å². The average molecular weight is 425 g/mol. The number of nitrogens with one attached hydrogen (secondary N) is 1. The van der Waals surface area contributed by atoms with E-state index >= 15 is 0 Å². The Bertz CT molecular complexity index is 1050. The number of carbonyl (C=O) groups excluding carboxylic acids is 2. The summed E-state index contributed by atoms with van der Waals surface area (Å²) in [5.41, 5.74) is 8.49. The summed E-state index contributed by atoms with van der Waals surface area (Å²) >= 11 is 1.32. The van der Waals surface area contributed by atoms with E-state index in [-0.39, 0.29) is 12.5 Å². The van der Waals surface area contributed by atoms with Crippen molar-refractivity contribution in [1.82, 2.24) is 0 Å². The van der Waals surface area contributed by atoms with Crippen LogP contribution in [0.15, 0.2) is 54.6 Å². The Labute approximate surface area is 179 Å². The molecule has 0 radical (unpaired) electrons. The van der Waals surface area contributed by atoms with Gasteiger partial charge in [0.1, 0.15) is 16.9 Å². The second-order valence-corrected chi connectivity index (χ2v) is 7.99. The fraction of sp³-hybridized carbons (Fsp3) is 0.217. The number of amides is 2. The van der Waals surface area contributed by atoms with Gasteiger partial charge in [-0.25, -0.2) is 0 Å². The molecule has 0 aliphatic heterocycles. The van der Waals surface area contributed by atoms with E-state index in [9.17, 15) is 9.59 Å². The molecule has 1 unspecified atom stereocenters. The normalized spacial score (nSPS) is 11.7. The van der Waals surface area contributed by atoms with E-state index < -0.39 is 12.0 Å². The lowest BCUT2D eigenvalue weighted by Crippen LogP contribution is -2.28. The zero-order valence-corrected chi connectivity index (χ0v) is 17.9. The van der Waals surface area contributed by atoms with Crippen LogP contribution in [0.3, 0.4) is 0 Å². The highest BCUT2D eigenvalue weighted by atomic mass is 32.1. The summed E-state index contributed by atoms with van der Waals surface area (Å²) in [5.74, 6) is -0.207. The molecular weight excluding hydrogens is 400 g/mol. The minimum Gasteiger partial charge on any atom is -0.497 e. The van der Waals surface area contributed by atoms with Crippen molar-refractivity contribution in [2.45, 2.75) is 26.6 Å². The lowest BCUT2D eigenvalue weighted by molar-refractivity contribution is -0.127. The van der Waals surface area contributed by atoms with Crippen molar-refractivity contribution in [3.8, 4) is 16.9 Å². The van der Waals surface area contributed by atoms with Gasteiger partial charge in [0.25, 0.3) is 11.8 Å².